The van der Waals surface area contributed by atoms with Crippen LogP contribution in [0.4, 0.5) is 0 Å². The number of aliphatic hydroxyl groups excluding tert-OH is 1. The number of benzene rings is 2. The van der Waals surface area contributed by atoms with Crippen LogP contribution in [-0.2, 0) is 64.6 Å². The van der Waals surface area contributed by atoms with Crippen LogP contribution in [-0.4, -0.2) is 94.5 Å². The van der Waals surface area contributed by atoms with Crippen molar-refractivity contribution in [3.63, 3.8) is 0 Å². The Kier molecular flexibility index (Phi) is 18.4. The third kappa shape index (κ3) is 14.3. The van der Waals surface area contributed by atoms with E-state index < -0.39 is 45.6 Å². The molecule has 0 amide bonds. The summed E-state index contributed by atoms with van der Waals surface area (Å²) in [6.45, 7) is 8.09. The molecule has 0 bridgehead atoms. The van der Waals surface area contributed by atoms with Crippen LogP contribution in [0.2, 0.25) is 0 Å². The van der Waals surface area contributed by atoms with Gasteiger partial charge < -0.3 is 14.2 Å². The molecule has 0 spiro atoms. The van der Waals surface area contributed by atoms with Crippen LogP contribution in [0.1, 0.15) is 46.2 Å². The number of thioether (sulfide) groups is 2. The lowest BCUT2D eigenvalue weighted by atomic mass is 10.2. The van der Waals surface area contributed by atoms with Crippen LogP contribution in [0.25, 0.3) is 22.3 Å². The first-order valence-corrected chi connectivity index (χ1v) is 26.2. The number of aromatic nitrogens is 8. The van der Waals surface area contributed by atoms with E-state index in [1.165, 1.54) is 46.8 Å². The van der Waals surface area contributed by atoms with Crippen molar-refractivity contribution in [1.82, 2.24) is 37.4 Å². The summed E-state index contributed by atoms with van der Waals surface area (Å²) in [5, 5.41) is 10.7. The number of aryl methyl sites for hydroxylation is 2. The molecule has 2 aromatic carbocycles. The Bertz CT molecular complexity index is 3150. The highest BCUT2D eigenvalue weighted by Gasteiger charge is 2.29. The molecule has 25 heteroatoms. The molecule has 0 fully saturated rings. The van der Waals surface area contributed by atoms with Gasteiger partial charge in [0.1, 0.15) is 0 Å². The van der Waals surface area contributed by atoms with Gasteiger partial charge in [0.15, 0.2) is 32.6 Å². The first-order chi connectivity index (χ1) is 28.9. The van der Waals surface area contributed by atoms with Gasteiger partial charge in [-0.05, 0) is 63.1 Å². The lowest BCUT2D eigenvalue weighted by molar-refractivity contribution is 0.264. The van der Waals surface area contributed by atoms with Crippen molar-refractivity contribution in [2.45, 2.75) is 68.0 Å². The second-order valence-electron chi connectivity index (χ2n) is 15.5. The molecule has 18 nitrogen and oxygen atoms in total. The van der Waals surface area contributed by atoms with Crippen LogP contribution >= 0.6 is 66.1 Å². The first-order valence-electron chi connectivity index (χ1n) is 18.5. The van der Waals surface area contributed by atoms with E-state index in [-0.39, 0.29) is 31.8 Å². The molecule has 0 aliphatic heterocycles. The molecule has 4 heterocycles. The van der Waals surface area contributed by atoms with E-state index in [4.69, 9.17) is 4.18 Å². The lowest BCUT2D eigenvalue weighted by Gasteiger charge is -2.23. The van der Waals surface area contributed by atoms with Crippen LogP contribution in [0, 0.1) is 0 Å². The van der Waals surface area contributed by atoms with E-state index in [0.717, 1.165) is 41.7 Å². The van der Waals surface area contributed by atoms with E-state index in [0.29, 0.717) is 40.1 Å². The van der Waals surface area contributed by atoms with Gasteiger partial charge in [-0.1, -0.05) is 87.1 Å². The lowest BCUT2D eigenvalue weighted by Crippen LogP contribution is -2.37. The normalized spacial score (nSPS) is 12.1. The van der Waals surface area contributed by atoms with Crippen molar-refractivity contribution >= 4 is 108 Å². The van der Waals surface area contributed by atoms with Gasteiger partial charge >= 0.3 is 11.4 Å². The Morgan fingerprint density at radius 2 is 1.05 bits per heavy atom. The maximum atomic E-state index is 13.0. The van der Waals surface area contributed by atoms with Gasteiger partial charge in [-0.25, -0.2) is 28.0 Å². The molecule has 0 radical (unpaired) electrons. The Balaban J connectivity index is 0.000000306. The minimum absolute atomic E-state index is 0. The average molecular weight is 1120 g/mol. The highest BCUT2D eigenvalue weighted by molar-refractivity contribution is 9.10. The maximum absolute atomic E-state index is 13.0. The molecule has 0 aliphatic rings. The van der Waals surface area contributed by atoms with Crippen LogP contribution in [0.15, 0.2) is 87.0 Å². The van der Waals surface area contributed by atoms with E-state index in [2.05, 4.69) is 52.5 Å². The molecule has 4 aromatic heterocycles. The highest BCUT2D eigenvalue weighted by atomic mass is 79.9. The Hall–Kier alpha value is -3.49. The molecule has 64 heavy (non-hydrogen) atoms. The van der Waals surface area contributed by atoms with Gasteiger partial charge in [-0.15, -0.1) is 0 Å². The minimum atomic E-state index is -3.61. The number of aliphatic hydroxyl groups is 1. The number of imidazole rings is 2. The maximum Gasteiger partial charge on any atom is 0.332 e. The third-order valence-corrected chi connectivity index (χ3v) is 12.7. The quantitative estimate of drug-likeness (QED) is 0.0967. The number of halogens is 3. The van der Waals surface area contributed by atoms with Gasteiger partial charge in [-0.2, -0.15) is 8.42 Å². The summed E-state index contributed by atoms with van der Waals surface area (Å²) < 4.78 is 55.8. The van der Waals surface area contributed by atoms with Gasteiger partial charge in [0.25, 0.3) is 21.2 Å². The number of hydrogen-bond acceptors (Lipinski definition) is 14. The monoisotopic (exact) mass is 1110 g/mol. The van der Waals surface area contributed by atoms with Crippen molar-refractivity contribution in [3.05, 3.63) is 110 Å². The van der Waals surface area contributed by atoms with Crippen molar-refractivity contribution in [2.24, 2.45) is 28.2 Å². The molecule has 0 unspecified atom stereocenters. The number of hydrogen-bond donors (Lipinski definition) is 1. The molecule has 0 atom stereocenters. The number of fused-ring (bicyclic) bond motifs is 2. The van der Waals surface area contributed by atoms with E-state index >= 15 is 0 Å². The highest BCUT2D eigenvalue weighted by Crippen LogP contribution is 2.35. The van der Waals surface area contributed by atoms with Crippen molar-refractivity contribution < 1.29 is 26.1 Å². The fraction of sp³-hybridized carbons (Fsp3) is 0.436. The topological polar surface area (TPSA) is 221 Å². The smallest absolute Gasteiger partial charge is 0.332 e. The second-order valence-corrected chi connectivity index (χ2v) is 25.4. The summed E-state index contributed by atoms with van der Waals surface area (Å²) in [6, 6.07) is 15.5. The Labute approximate surface area is 400 Å². The third-order valence-electron chi connectivity index (χ3n) is 8.82. The molecule has 0 saturated carbocycles. The number of rotatable bonds is 12. The predicted octanol–water partition coefficient (Wildman–Crippen LogP) is 5.02. The molecule has 0 saturated heterocycles. The van der Waals surface area contributed by atoms with Gasteiger partial charge in [-0.3, -0.25) is 32.0 Å². The Morgan fingerprint density at radius 1 is 0.688 bits per heavy atom. The zero-order valence-corrected chi connectivity index (χ0v) is 43.1. The molecular weight excluding hydrogens is 1060 g/mol. The van der Waals surface area contributed by atoms with E-state index in [1.54, 1.807) is 18.7 Å². The van der Waals surface area contributed by atoms with Crippen LogP contribution in [0.5, 0.6) is 0 Å². The summed E-state index contributed by atoms with van der Waals surface area (Å²) in [5.74, 6) is 0. The van der Waals surface area contributed by atoms with Crippen molar-refractivity contribution in [3.8, 4) is 0 Å². The van der Waals surface area contributed by atoms with Crippen LogP contribution in [0.3, 0.4) is 0 Å². The summed E-state index contributed by atoms with van der Waals surface area (Å²) in [6.07, 6.45) is 1.92. The molecule has 1 N–H and O–H groups in total. The average Bonchev–Trinajstić information content (AvgIpc) is 3.70. The molecule has 0 aliphatic carbocycles. The van der Waals surface area contributed by atoms with E-state index in [1.807, 2.05) is 80.8 Å². The zero-order chi connectivity index (χ0) is 47.6. The fourth-order valence-electron chi connectivity index (χ4n) is 5.74. The molecule has 6 rings (SSSR count). The predicted molar refractivity (Wildman–Crippen MR) is 262 cm³/mol. The van der Waals surface area contributed by atoms with Gasteiger partial charge in [0, 0.05) is 57.3 Å². The van der Waals surface area contributed by atoms with E-state index in [9.17, 15) is 41.1 Å². The second kappa shape index (κ2) is 21.4. The molecular formula is C39H51Br2ClN8O10S4. The zero-order valence-electron chi connectivity index (χ0n) is 35.9. The van der Waals surface area contributed by atoms with Gasteiger partial charge in [0.2, 0.25) is 9.05 Å². The summed E-state index contributed by atoms with van der Waals surface area (Å²) >= 11 is 9.58. The van der Waals surface area contributed by atoms with Gasteiger partial charge in [0.05, 0.1) is 38.8 Å². The molecule has 352 valence electrons. The standard InChI is InChI=1S/C19H23BrN4O5S2.C18H21BrN4O3S.CH3ClO2S.CH4/c1-19(2,11-29-31(5,27)28)30-17-21-15-14(16(25)23(4)18(26)22(15)3)24(17)10-12-7-6-8-13(20)9-12;1-18(2,10-24)27-16-20-14-13(15(25)22(4)17(26)21(14)3)23(16)9-11-6-5-7-12(19)8-11;1-5(2,3)4;/h6-9H,10-11H2,1-5H3;5-8,24H,9-10H2,1-4H3;1H3;1H4. The minimum Gasteiger partial charge on any atom is -0.395 e. The van der Waals surface area contributed by atoms with Crippen molar-refractivity contribution in [1.29, 1.82) is 0 Å². The molecule has 6 aromatic rings. The summed E-state index contributed by atoms with van der Waals surface area (Å²) in [7, 11) is 3.76. The van der Waals surface area contributed by atoms with Crippen molar-refractivity contribution in [2.75, 3.05) is 25.7 Å². The fourth-order valence-corrected chi connectivity index (χ4v) is 9.19. The largest absolute Gasteiger partial charge is 0.395 e. The summed E-state index contributed by atoms with van der Waals surface area (Å²) in [4.78, 5) is 59.7. The first kappa shape index (κ1) is 54.8. The SMILES string of the molecule is C.CS(=O)(=O)Cl.Cn1c(=O)c2c(nc(SC(C)(C)CO)n2Cc2cccc(Br)c2)n(C)c1=O.Cn1c(=O)c2c(nc(SC(C)(C)COS(C)(=O)=O)n2Cc2cccc(Br)c2)n(C)c1=O. The Morgan fingerprint density at radius 3 is 1.38 bits per heavy atom. The summed E-state index contributed by atoms with van der Waals surface area (Å²) in [5.41, 5.74) is 1.47. The number of nitrogens with zero attached hydrogens (tertiary/aromatic N) is 8. The van der Waals surface area contributed by atoms with Crippen LogP contribution < -0.4 is 22.5 Å².